The molecule has 2 rings (SSSR count). The van der Waals surface area contributed by atoms with E-state index in [1.54, 1.807) is 6.20 Å². The van der Waals surface area contributed by atoms with Crippen molar-refractivity contribution in [3.05, 3.63) is 36.8 Å². The van der Waals surface area contributed by atoms with Gasteiger partial charge in [0.2, 0.25) is 0 Å². The van der Waals surface area contributed by atoms with Gasteiger partial charge in [0.05, 0.1) is 5.02 Å². The predicted octanol–water partition coefficient (Wildman–Crippen LogP) is 4.72. The molecule has 0 saturated heterocycles. The molecule has 0 spiro atoms. The van der Waals surface area contributed by atoms with Crippen molar-refractivity contribution in [2.45, 2.75) is 0 Å². The van der Waals surface area contributed by atoms with E-state index in [0.717, 1.165) is 19.2 Å². The largest absolute Gasteiger partial charge is 0.248 e. The van der Waals surface area contributed by atoms with Crippen molar-refractivity contribution in [2.75, 3.05) is 0 Å². The maximum atomic E-state index is 6.01. The third-order valence-corrected chi connectivity index (χ3v) is 4.36. The van der Waals surface area contributed by atoms with Gasteiger partial charge in [0, 0.05) is 17.3 Å². The first-order valence-electron chi connectivity index (χ1n) is 3.73. The molecule has 0 bridgehead atoms. The van der Waals surface area contributed by atoms with Gasteiger partial charge in [0.15, 0.2) is 0 Å². The molecule has 0 aliphatic carbocycles. The Morgan fingerprint density at radius 2 is 2.14 bits per heavy atom. The second kappa shape index (κ2) is 4.35. The Balaban J connectivity index is 2.53. The van der Waals surface area contributed by atoms with Crippen LogP contribution in [0.1, 0.15) is 0 Å². The fourth-order valence-electron chi connectivity index (χ4n) is 1.07. The summed E-state index contributed by atoms with van der Waals surface area (Å²) in [6.07, 6.45) is 1.78. The highest BCUT2D eigenvalue weighted by atomic mass is 127. The summed E-state index contributed by atoms with van der Waals surface area (Å²) in [5.74, 6) is 0. The molecule has 2 heterocycles. The summed E-state index contributed by atoms with van der Waals surface area (Å²) in [5.41, 5.74) is 1.95. The van der Waals surface area contributed by atoms with Crippen LogP contribution in [0.4, 0.5) is 0 Å². The van der Waals surface area contributed by atoms with Crippen LogP contribution in [0.25, 0.3) is 11.1 Å². The Morgan fingerprint density at radius 1 is 1.36 bits per heavy atom. The van der Waals surface area contributed by atoms with Crippen LogP contribution in [-0.2, 0) is 0 Å². The summed E-state index contributed by atoms with van der Waals surface area (Å²) < 4.78 is 1.57. The lowest BCUT2D eigenvalue weighted by Crippen LogP contribution is -1.83. The molecule has 2 aromatic rings. The van der Waals surface area contributed by atoms with Crippen LogP contribution >= 0.6 is 57.1 Å². The summed E-state index contributed by atoms with van der Waals surface area (Å²) >= 11 is 15.6. The van der Waals surface area contributed by atoms with Crippen molar-refractivity contribution < 1.29 is 0 Å². The SMILES string of the molecule is Clc1cc(-c2ccsc2Cl)cnc1I. The number of thiophene rings is 1. The highest BCUT2D eigenvalue weighted by molar-refractivity contribution is 14.1. The second-order valence-electron chi connectivity index (χ2n) is 2.60. The lowest BCUT2D eigenvalue weighted by molar-refractivity contribution is 1.27. The number of aromatic nitrogens is 1. The summed E-state index contributed by atoms with van der Waals surface area (Å²) in [7, 11) is 0. The third-order valence-electron chi connectivity index (χ3n) is 1.73. The van der Waals surface area contributed by atoms with E-state index in [-0.39, 0.29) is 0 Å². The van der Waals surface area contributed by atoms with E-state index >= 15 is 0 Å². The molecule has 0 fully saturated rings. The Hall–Kier alpha value is 0.160. The average molecular weight is 356 g/mol. The molecule has 0 aromatic carbocycles. The first kappa shape index (κ1) is 10.7. The normalized spacial score (nSPS) is 10.5. The van der Waals surface area contributed by atoms with E-state index < -0.39 is 0 Å². The highest BCUT2D eigenvalue weighted by Crippen LogP contribution is 2.33. The second-order valence-corrected chi connectivity index (χ2v) is 5.55. The van der Waals surface area contributed by atoms with E-state index in [0.29, 0.717) is 5.02 Å². The van der Waals surface area contributed by atoms with Crippen LogP contribution in [0.3, 0.4) is 0 Å². The predicted molar refractivity (Wildman–Crippen MR) is 70.3 cm³/mol. The third kappa shape index (κ3) is 2.05. The van der Waals surface area contributed by atoms with Gasteiger partial charge >= 0.3 is 0 Å². The van der Waals surface area contributed by atoms with Gasteiger partial charge in [0.25, 0.3) is 0 Å². The van der Waals surface area contributed by atoms with Gasteiger partial charge in [-0.15, -0.1) is 11.3 Å². The molecule has 2 aromatic heterocycles. The molecule has 0 aliphatic heterocycles. The van der Waals surface area contributed by atoms with Crippen molar-refractivity contribution in [3.8, 4) is 11.1 Å². The smallest absolute Gasteiger partial charge is 0.119 e. The lowest BCUT2D eigenvalue weighted by atomic mass is 10.2. The molecule has 0 radical (unpaired) electrons. The molecule has 0 N–H and O–H groups in total. The van der Waals surface area contributed by atoms with E-state index in [9.17, 15) is 0 Å². The standard InChI is InChI=1S/C9H4Cl2INS/c10-7-3-5(4-13-9(7)12)6-1-2-14-8(6)11/h1-4H. The number of hydrogen-bond donors (Lipinski definition) is 0. The number of pyridine rings is 1. The van der Waals surface area contributed by atoms with Crippen LogP contribution in [-0.4, -0.2) is 4.98 Å². The molecule has 14 heavy (non-hydrogen) atoms. The van der Waals surface area contributed by atoms with E-state index in [4.69, 9.17) is 23.2 Å². The summed E-state index contributed by atoms with van der Waals surface area (Å²) in [6.45, 7) is 0. The van der Waals surface area contributed by atoms with Crippen molar-refractivity contribution in [1.82, 2.24) is 4.98 Å². The molecule has 0 saturated carbocycles. The Morgan fingerprint density at radius 3 is 2.71 bits per heavy atom. The Bertz CT molecular complexity index is 470. The maximum Gasteiger partial charge on any atom is 0.119 e. The van der Waals surface area contributed by atoms with Crippen LogP contribution in [0.5, 0.6) is 0 Å². The molecule has 5 heteroatoms. The van der Waals surface area contributed by atoms with Gasteiger partial charge in [-0.05, 0) is 40.1 Å². The van der Waals surface area contributed by atoms with Crippen molar-refractivity contribution in [2.24, 2.45) is 0 Å². The average Bonchev–Trinajstić information content (AvgIpc) is 2.57. The summed E-state index contributed by atoms with van der Waals surface area (Å²) in [6, 6.07) is 3.84. The summed E-state index contributed by atoms with van der Waals surface area (Å²) in [5, 5.41) is 2.61. The van der Waals surface area contributed by atoms with Crippen LogP contribution < -0.4 is 0 Å². The molecular formula is C9H4Cl2INS. The van der Waals surface area contributed by atoms with Gasteiger partial charge in [-0.25, -0.2) is 4.98 Å². The Labute approximate surface area is 109 Å². The first-order valence-corrected chi connectivity index (χ1v) is 6.44. The first-order chi connectivity index (χ1) is 6.68. The quantitative estimate of drug-likeness (QED) is 0.532. The van der Waals surface area contributed by atoms with Gasteiger partial charge in [-0.3, -0.25) is 0 Å². The van der Waals surface area contributed by atoms with Crippen LogP contribution in [0, 0.1) is 3.70 Å². The molecule has 0 atom stereocenters. The molecule has 1 nitrogen and oxygen atoms in total. The fourth-order valence-corrected chi connectivity index (χ4v) is 2.49. The molecule has 72 valence electrons. The van der Waals surface area contributed by atoms with Gasteiger partial charge in [-0.1, -0.05) is 23.2 Å². The van der Waals surface area contributed by atoms with Gasteiger partial charge in [-0.2, -0.15) is 0 Å². The van der Waals surface area contributed by atoms with E-state index in [1.807, 2.05) is 17.5 Å². The monoisotopic (exact) mass is 355 g/mol. The zero-order valence-electron chi connectivity index (χ0n) is 6.80. The van der Waals surface area contributed by atoms with Gasteiger partial charge in [0.1, 0.15) is 8.04 Å². The molecule has 0 aliphatic rings. The zero-order chi connectivity index (χ0) is 10.1. The Kier molecular flexibility index (Phi) is 3.31. The summed E-state index contributed by atoms with van der Waals surface area (Å²) in [4.78, 5) is 4.18. The molecule has 0 amide bonds. The zero-order valence-corrected chi connectivity index (χ0v) is 11.3. The number of hydrogen-bond acceptors (Lipinski definition) is 2. The minimum absolute atomic E-state index is 0.658. The van der Waals surface area contributed by atoms with Crippen LogP contribution in [0.15, 0.2) is 23.7 Å². The minimum Gasteiger partial charge on any atom is -0.248 e. The van der Waals surface area contributed by atoms with Crippen molar-refractivity contribution in [1.29, 1.82) is 0 Å². The number of rotatable bonds is 1. The minimum atomic E-state index is 0.658. The van der Waals surface area contributed by atoms with Crippen molar-refractivity contribution >= 4 is 57.1 Å². The lowest BCUT2D eigenvalue weighted by Gasteiger charge is -2.00. The molecule has 0 unspecified atom stereocenters. The maximum absolute atomic E-state index is 6.01. The van der Waals surface area contributed by atoms with Crippen molar-refractivity contribution in [3.63, 3.8) is 0 Å². The van der Waals surface area contributed by atoms with E-state index in [1.165, 1.54) is 11.3 Å². The van der Waals surface area contributed by atoms with E-state index in [2.05, 4.69) is 27.6 Å². The number of nitrogens with zero attached hydrogens (tertiary/aromatic N) is 1. The molecular weight excluding hydrogens is 352 g/mol. The van der Waals surface area contributed by atoms with Crippen LogP contribution in [0.2, 0.25) is 9.36 Å². The fraction of sp³-hybridized carbons (Fsp3) is 0. The van der Waals surface area contributed by atoms with Gasteiger partial charge < -0.3 is 0 Å². The highest BCUT2D eigenvalue weighted by Gasteiger charge is 2.07. The topological polar surface area (TPSA) is 12.9 Å². The number of halogens is 3.